The van der Waals surface area contributed by atoms with Gasteiger partial charge in [0, 0.05) is 33.2 Å². The summed E-state index contributed by atoms with van der Waals surface area (Å²) in [5.41, 5.74) is 3.08. The maximum atomic E-state index is 12.1. The summed E-state index contributed by atoms with van der Waals surface area (Å²) in [4.78, 5) is 18.5. The molecule has 2 N–H and O–H groups in total. The number of aromatic nitrogens is 1. The highest BCUT2D eigenvalue weighted by molar-refractivity contribution is 6.33. The zero-order valence-electron chi connectivity index (χ0n) is 11.1. The summed E-state index contributed by atoms with van der Waals surface area (Å²) in [6, 6.07) is 3.40. The number of carbonyl (C=O) groups excluding carboxylic acids is 1. The topological polar surface area (TPSA) is 60.5 Å². The SMILES string of the molecule is CNc1ccc(Cl)c(C(=O)NN2CCN(C)CC2)n1. The van der Waals surface area contributed by atoms with Crippen molar-refractivity contribution in [2.45, 2.75) is 0 Å². The van der Waals surface area contributed by atoms with Gasteiger partial charge in [-0.25, -0.2) is 9.99 Å². The molecule has 1 fully saturated rings. The number of likely N-dealkylation sites (N-methyl/N-ethyl adjacent to an activating group) is 1. The Balaban J connectivity index is 2.03. The molecular formula is C12H18ClN5O. The van der Waals surface area contributed by atoms with Crippen molar-refractivity contribution < 1.29 is 4.79 Å². The molecule has 0 unspecified atom stereocenters. The van der Waals surface area contributed by atoms with Crippen LogP contribution in [0.5, 0.6) is 0 Å². The van der Waals surface area contributed by atoms with Crippen molar-refractivity contribution in [2.75, 3.05) is 45.6 Å². The molecule has 19 heavy (non-hydrogen) atoms. The van der Waals surface area contributed by atoms with Crippen molar-refractivity contribution in [2.24, 2.45) is 0 Å². The molecule has 104 valence electrons. The number of pyridine rings is 1. The lowest BCUT2D eigenvalue weighted by atomic mass is 10.3. The zero-order chi connectivity index (χ0) is 13.8. The van der Waals surface area contributed by atoms with Gasteiger partial charge in [-0.1, -0.05) is 11.6 Å². The fraction of sp³-hybridized carbons (Fsp3) is 0.500. The van der Waals surface area contributed by atoms with E-state index in [0.29, 0.717) is 10.8 Å². The van der Waals surface area contributed by atoms with Gasteiger partial charge in [0.2, 0.25) is 0 Å². The van der Waals surface area contributed by atoms with Crippen molar-refractivity contribution in [3.8, 4) is 0 Å². The molecule has 2 heterocycles. The Kier molecular flexibility index (Phi) is 4.57. The molecule has 1 aromatic heterocycles. The molecule has 0 bridgehead atoms. The Hall–Kier alpha value is -1.37. The average Bonchev–Trinajstić information content (AvgIpc) is 2.42. The van der Waals surface area contributed by atoms with Crippen molar-refractivity contribution in [3.05, 3.63) is 22.8 Å². The van der Waals surface area contributed by atoms with Crippen molar-refractivity contribution >= 4 is 23.3 Å². The van der Waals surface area contributed by atoms with Crippen LogP contribution in [-0.2, 0) is 0 Å². The molecule has 1 aromatic rings. The van der Waals surface area contributed by atoms with E-state index in [4.69, 9.17) is 11.6 Å². The number of anilines is 1. The predicted molar refractivity (Wildman–Crippen MR) is 75.3 cm³/mol. The van der Waals surface area contributed by atoms with E-state index in [-0.39, 0.29) is 11.6 Å². The molecule has 1 saturated heterocycles. The summed E-state index contributed by atoms with van der Waals surface area (Å²) >= 11 is 6.01. The van der Waals surface area contributed by atoms with Crippen molar-refractivity contribution in [3.63, 3.8) is 0 Å². The van der Waals surface area contributed by atoms with Gasteiger partial charge in [0.15, 0.2) is 5.69 Å². The highest BCUT2D eigenvalue weighted by Gasteiger charge is 2.19. The summed E-state index contributed by atoms with van der Waals surface area (Å²) in [6.07, 6.45) is 0. The van der Waals surface area contributed by atoms with Crippen LogP contribution in [0.2, 0.25) is 5.02 Å². The molecule has 2 rings (SSSR count). The number of carbonyl (C=O) groups is 1. The Morgan fingerprint density at radius 2 is 2.00 bits per heavy atom. The number of halogens is 1. The first-order valence-corrected chi connectivity index (χ1v) is 6.56. The number of hydrazine groups is 1. The van der Waals surface area contributed by atoms with Gasteiger partial charge in [0.05, 0.1) is 5.02 Å². The van der Waals surface area contributed by atoms with Crippen molar-refractivity contribution in [1.29, 1.82) is 0 Å². The first-order valence-electron chi connectivity index (χ1n) is 6.19. The van der Waals surface area contributed by atoms with Crippen LogP contribution in [-0.4, -0.2) is 61.1 Å². The normalized spacial score (nSPS) is 17.2. The quantitative estimate of drug-likeness (QED) is 0.854. The maximum absolute atomic E-state index is 12.1. The number of piperazine rings is 1. The number of nitrogens with zero attached hydrogens (tertiary/aromatic N) is 3. The van der Waals surface area contributed by atoms with Gasteiger partial charge in [0.1, 0.15) is 5.82 Å². The van der Waals surface area contributed by atoms with E-state index >= 15 is 0 Å². The zero-order valence-corrected chi connectivity index (χ0v) is 11.9. The van der Waals surface area contributed by atoms with Crippen LogP contribution in [0.4, 0.5) is 5.82 Å². The fourth-order valence-corrected chi connectivity index (χ4v) is 2.05. The highest BCUT2D eigenvalue weighted by Crippen LogP contribution is 2.16. The molecule has 0 spiro atoms. The standard InChI is InChI=1S/C12H18ClN5O/c1-14-10-4-3-9(13)11(15-10)12(19)16-18-7-5-17(2)6-8-18/h3-4H,5-8H2,1-2H3,(H,14,15)(H,16,19). The lowest BCUT2D eigenvalue weighted by Crippen LogP contribution is -2.52. The second-order valence-electron chi connectivity index (χ2n) is 4.51. The Labute approximate surface area is 117 Å². The molecule has 0 aromatic carbocycles. The van der Waals surface area contributed by atoms with E-state index in [9.17, 15) is 4.79 Å². The first-order chi connectivity index (χ1) is 9.10. The van der Waals surface area contributed by atoms with Crippen LogP contribution in [0.3, 0.4) is 0 Å². The predicted octanol–water partition coefficient (Wildman–Crippen LogP) is 0.669. The molecule has 0 atom stereocenters. The van der Waals surface area contributed by atoms with Gasteiger partial charge in [-0.3, -0.25) is 10.2 Å². The third-order valence-corrected chi connectivity index (χ3v) is 3.39. The summed E-state index contributed by atoms with van der Waals surface area (Å²) in [7, 11) is 3.81. The minimum absolute atomic E-state index is 0.243. The third-order valence-electron chi connectivity index (χ3n) is 3.08. The van der Waals surface area contributed by atoms with Crippen molar-refractivity contribution in [1.82, 2.24) is 20.3 Å². The van der Waals surface area contributed by atoms with Crippen LogP contribution in [0.15, 0.2) is 12.1 Å². The van der Waals surface area contributed by atoms with E-state index in [0.717, 1.165) is 26.2 Å². The van der Waals surface area contributed by atoms with Gasteiger partial charge in [-0.15, -0.1) is 0 Å². The molecule has 1 aliphatic rings. The molecule has 0 radical (unpaired) electrons. The summed E-state index contributed by atoms with van der Waals surface area (Å²) < 4.78 is 0. The minimum Gasteiger partial charge on any atom is -0.373 e. The van der Waals surface area contributed by atoms with E-state index in [1.807, 2.05) is 5.01 Å². The summed E-state index contributed by atoms with van der Waals surface area (Å²) in [5.74, 6) is 0.347. The maximum Gasteiger partial charge on any atom is 0.285 e. The Morgan fingerprint density at radius 1 is 1.32 bits per heavy atom. The largest absolute Gasteiger partial charge is 0.373 e. The second-order valence-corrected chi connectivity index (χ2v) is 4.92. The molecule has 0 aliphatic carbocycles. The highest BCUT2D eigenvalue weighted by atomic mass is 35.5. The molecule has 6 nitrogen and oxygen atoms in total. The number of nitrogens with one attached hydrogen (secondary N) is 2. The van der Waals surface area contributed by atoms with E-state index in [1.54, 1.807) is 19.2 Å². The van der Waals surface area contributed by atoms with Gasteiger partial charge in [-0.05, 0) is 19.2 Å². The number of rotatable bonds is 3. The lowest BCUT2D eigenvalue weighted by Gasteiger charge is -2.32. The minimum atomic E-state index is -0.272. The third kappa shape index (κ3) is 3.56. The number of hydrogen-bond acceptors (Lipinski definition) is 5. The van der Waals surface area contributed by atoms with Crippen LogP contribution in [0, 0.1) is 0 Å². The van der Waals surface area contributed by atoms with E-state index in [1.165, 1.54) is 0 Å². The summed E-state index contributed by atoms with van der Waals surface area (Å²) in [6.45, 7) is 3.45. The first kappa shape index (κ1) is 14.0. The average molecular weight is 284 g/mol. The van der Waals surface area contributed by atoms with Gasteiger partial charge in [0.25, 0.3) is 5.91 Å². The van der Waals surface area contributed by atoms with Gasteiger partial charge >= 0.3 is 0 Å². The Morgan fingerprint density at radius 3 is 2.63 bits per heavy atom. The van der Waals surface area contributed by atoms with E-state index < -0.39 is 0 Å². The smallest absolute Gasteiger partial charge is 0.285 e. The van der Waals surface area contributed by atoms with Gasteiger partial charge in [-0.2, -0.15) is 0 Å². The lowest BCUT2D eigenvalue weighted by molar-refractivity contribution is 0.0658. The van der Waals surface area contributed by atoms with Crippen LogP contribution < -0.4 is 10.7 Å². The number of hydrogen-bond donors (Lipinski definition) is 2. The second kappa shape index (κ2) is 6.18. The van der Waals surface area contributed by atoms with Crippen LogP contribution in [0.25, 0.3) is 0 Å². The van der Waals surface area contributed by atoms with Crippen LogP contribution in [0.1, 0.15) is 10.5 Å². The van der Waals surface area contributed by atoms with Crippen LogP contribution >= 0.6 is 11.6 Å². The molecule has 1 amide bonds. The van der Waals surface area contributed by atoms with Gasteiger partial charge < -0.3 is 10.2 Å². The van der Waals surface area contributed by atoms with E-state index in [2.05, 4.69) is 27.7 Å². The molecule has 7 heteroatoms. The molecule has 1 aliphatic heterocycles. The molecular weight excluding hydrogens is 266 g/mol. The number of amides is 1. The Bertz CT molecular complexity index is 459. The fourth-order valence-electron chi connectivity index (χ4n) is 1.86. The molecule has 0 saturated carbocycles. The summed E-state index contributed by atoms with van der Waals surface area (Å²) in [5, 5.41) is 5.14. The monoisotopic (exact) mass is 283 g/mol.